The number of ether oxygens (including phenoxy) is 3. The number of hydrogen-bond acceptors (Lipinski definition) is 6. The van der Waals surface area contributed by atoms with E-state index in [0.717, 1.165) is 22.3 Å². The average Bonchev–Trinajstić information content (AvgIpc) is 2.76. The molecule has 1 atom stereocenters. The number of nitrogens with one attached hydrogen (secondary N) is 1. The maximum absolute atomic E-state index is 12.9. The number of fused-ring (bicyclic) bond motifs is 1. The first-order valence-corrected chi connectivity index (χ1v) is 10.7. The summed E-state index contributed by atoms with van der Waals surface area (Å²) in [4.78, 5) is 39.0. The summed E-state index contributed by atoms with van der Waals surface area (Å²) in [6.45, 7) is 7.47. The molecule has 176 valence electrons. The van der Waals surface area contributed by atoms with Gasteiger partial charge < -0.3 is 14.2 Å². The van der Waals surface area contributed by atoms with Crippen LogP contribution in [0.15, 0.2) is 42.5 Å². The van der Waals surface area contributed by atoms with Crippen LogP contribution in [-0.2, 0) is 38.6 Å². The molecule has 0 saturated heterocycles. The van der Waals surface area contributed by atoms with Gasteiger partial charge in [0.15, 0.2) is 0 Å². The summed E-state index contributed by atoms with van der Waals surface area (Å²) >= 11 is 0. The highest BCUT2D eigenvalue weighted by molar-refractivity contribution is 5.87. The van der Waals surface area contributed by atoms with E-state index in [0.29, 0.717) is 5.69 Å². The van der Waals surface area contributed by atoms with Gasteiger partial charge in [0, 0.05) is 12.1 Å². The molecule has 0 aromatic heterocycles. The Labute approximate surface area is 193 Å². The van der Waals surface area contributed by atoms with Crippen molar-refractivity contribution in [3.8, 4) is 0 Å². The minimum atomic E-state index is -0.796. The molecule has 0 spiro atoms. The standard InChI is InChI=1S/C25H30N2O6/c1-16-11-18-13-21(22(28)31-5)27(24(30)32-15-17-9-7-6-8-10-17)14-19(18)12-20(16)26-23(29)33-25(2,3)4/h6-12,21H,13-15H2,1-5H3,(H,26,29)/t21-/m0/s1. The third kappa shape index (κ3) is 6.25. The molecule has 1 aliphatic rings. The van der Waals surface area contributed by atoms with Crippen molar-refractivity contribution in [2.45, 2.75) is 58.9 Å². The monoisotopic (exact) mass is 454 g/mol. The first kappa shape index (κ1) is 24.1. The highest BCUT2D eigenvalue weighted by atomic mass is 16.6. The van der Waals surface area contributed by atoms with Gasteiger partial charge in [-0.2, -0.15) is 0 Å². The molecule has 0 radical (unpaired) electrons. The maximum atomic E-state index is 12.9. The number of esters is 1. The molecule has 8 nitrogen and oxygen atoms in total. The molecule has 0 saturated carbocycles. The molecule has 0 fully saturated rings. The van der Waals surface area contributed by atoms with E-state index in [1.165, 1.54) is 12.0 Å². The van der Waals surface area contributed by atoms with E-state index in [-0.39, 0.29) is 19.6 Å². The van der Waals surface area contributed by atoms with Gasteiger partial charge in [0.25, 0.3) is 0 Å². The zero-order valence-electron chi connectivity index (χ0n) is 19.6. The van der Waals surface area contributed by atoms with Crippen LogP contribution in [0.1, 0.15) is 43.0 Å². The second kappa shape index (κ2) is 9.94. The number of aryl methyl sites for hydroxylation is 1. The average molecular weight is 455 g/mol. The Kier molecular flexibility index (Phi) is 7.26. The second-order valence-corrected chi connectivity index (χ2v) is 8.97. The topological polar surface area (TPSA) is 94.2 Å². The van der Waals surface area contributed by atoms with Crippen LogP contribution >= 0.6 is 0 Å². The normalized spacial score (nSPS) is 15.3. The van der Waals surface area contributed by atoms with Gasteiger partial charge in [0.2, 0.25) is 0 Å². The SMILES string of the molecule is COC(=O)[C@@H]1Cc2cc(C)c(NC(=O)OC(C)(C)C)cc2CN1C(=O)OCc1ccccc1. The Balaban J connectivity index is 1.81. The Bertz CT molecular complexity index is 1030. The summed E-state index contributed by atoms with van der Waals surface area (Å²) in [5.74, 6) is -0.508. The molecule has 1 aliphatic heterocycles. The number of anilines is 1. The Hall–Kier alpha value is -3.55. The van der Waals surface area contributed by atoms with Crippen LogP contribution in [0.4, 0.5) is 15.3 Å². The van der Waals surface area contributed by atoms with Crippen LogP contribution in [0.5, 0.6) is 0 Å². The lowest BCUT2D eigenvalue weighted by molar-refractivity contribution is -0.147. The zero-order chi connectivity index (χ0) is 24.2. The molecule has 33 heavy (non-hydrogen) atoms. The largest absolute Gasteiger partial charge is 0.467 e. The molecule has 0 bridgehead atoms. The summed E-state index contributed by atoms with van der Waals surface area (Å²) in [6.07, 6.45) is -0.884. The lowest BCUT2D eigenvalue weighted by Crippen LogP contribution is -2.49. The van der Waals surface area contributed by atoms with Gasteiger partial charge in [0.05, 0.1) is 13.7 Å². The predicted octanol–water partition coefficient (Wildman–Crippen LogP) is 4.58. The van der Waals surface area contributed by atoms with Crippen molar-refractivity contribution in [2.75, 3.05) is 12.4 Å². The van der Waals surface area contributed by atoms with Crippen LogP contribution in [-0.4, -0.2) is 41.8 Å². The van der Waals surface area contributed by atoms with Gasteiger partial charge in [-0.15, -0.1) is 0 Å². The summed E-state index contributed by atoms with van der Waals surface area (Å²) in [7, 11) is 1.30. The molecule has 0 unspecified atom stereocenters. The number of carbonyl (C=O) groups excluding carboxylic acids is 3. The predicted molar refractivity (Wildman–Crippen MR) is 123 cm³/mol. The smallest absolute Gasteiger partial charge is 0.412 e. The van der Waals surface area contributed by atoms with Crippen molar-refractivity contribution in [3.05, 3.63) is 64.7 Å². The molecule has 8 heteroatoms. The highest BCUT2D eigenvalue weighted by Crippen LogP contribution is 2.30. The molecule has 2 amide bonds. The van der Waals surface area contributed by atoms with Crippen molar-refractivity contribution in [1.82, 2.24) is 4.90 Å². The molecule has 1 heterocycles. The van der Waals surface area contributed by atoms with Crippen molar-refractivity contribution >= 4 is 23.8 Å². The fourth-order valence-electron chi connectivity index (χ4n) is 3.65. The lowest BCUT2D eigenvalue weighted by Gasteiger charge is -2.35. The molecule has 2 aromatic carbocycles. The second-order valence-electron chi connectivity index (χ2n) is 8.97. The van der Waals surface area contributed by atoms with E-state index in [1.807, 2.05) is 43.3 Å². The van der Waals surface area contributed by atoms with E-state index in [2.05, 4.69) is 5.32 Å². The number of nitrogens with zero attached hydrogens (tertiary/aromatic N) is 1. The third-order valence-corrected chi connectivity index (χ3v) is 5.23. The van der Waals surface area contributed by atoms with E-state index in [1.54, 1.807) is 26.8 Å². The Morgan fingerprint density at radius 3 is 2.42 bits per heavy atom. The summed E-state index contributed by atoms with van der Waals surface area (Å²) in [5, 5.41) is 2.77. The van der Waals surface area contributed by atoms with Gasteiger partial charge in [-0.1, -0.05) is 36.4 Å². The number of hydrogen-bond donors (Lipinski definition) is 1. The van der Waals surface area contributed by atoms with Crippen molar-refractivity contribution < 1.29 is 28.6 Å². The quantitative estimate of drug-likeness (QED) is 0.537. The highest BCUT2D eigenvalue weighted by Gasteiger charge is 2.37. The van der Waals surface area contributed by atoms with Crippen molar-refractivity contribution in [3.63, 3.8) is 0 Å². The first-order valence-electron chi connectivity index (χ1n) is 10.7. The van der Waals surface area contributed by atoms with Gasteiger partial charge in [-0.05, 0) is 56.0 Å². The van der Waals surface area contributed by atoms with Crippen LogP contribution in [0.2, 0.25) is 0 Å². The fraction of sp³-hybridized carbons (Fsp3) is 0.400. The zero-order valence-corrected chi connectivity index (χ0v) is 19.6. The molecular weight excluding hydrogens is 424 g/mol. The van der Waals surface area contributed by atoms with E-state index in [9.17, 15) is 14.4 Å². The Morgan fingerprint density at radius 2 is 1.79 bits per heavy atom. The summed E-state index contributed by atoms with van der Waals surface area (Å²) in [6, 6.07) is 12.2. The van der Waals surface area contributed by atoms with Gasteiger partial charge in [-0.25, -0.2) is 14.4 Å². The third-order valence-electron chi connectivity index (χ3n) is 5.23. The van der Waals surface area contributed by atoms with Crippen LogP contribution in [0.3, 0.4) is 0 Å². The molecule has 3 rings (SSSR count). The Morgan fingerprint density at radius 1 is 1.09 bits per heavy atom. The fourth-order valence-corrected chi connectivity index (χ4v) is 3.65. The first-order chi connectivity index (χ1) is 15.6. The minimum absolute atomic E-state index is 0.0935. The van der Waals surface area contributed by atoms with Crippen LogP contribution in [0.25, 0.3) is 0 Å². The minimum Gasteiger partial charge on any atom is -0.467 e. The van der Waals surface area contributed by atoms with E-state index in [4.69, 9.17) is 14.2 Å². The van der Waals surface area contributed by atoms with E-state index < -0.39 is 29.8 Å². The number of amides is 2. The number of carbonyl (C=O) groups is 3. The van der Waals surface area contributed by atoms with Gasteiger partial charge in [0.1, 0.15) is 18.2 Å². The molecule has 2 aromatic rings. The maximum Gasteiger partial charge on any atom is 0.412 e. The van der Waals surface area contributed by atoms with E-state index >= 15 is 0 Å². The number of rotatable bonds is 4. The summed E-state index contributed by atoms with van der Waals surface area (Å²) in [5.41, 5.74) is 3.34. The molecule has 1 N–H and O–H groups in total. The number of methoxy groups -OCH3 is 1. The van der Waals surface area contributed by atoms with Crippen molar-refractivity contribution in [2.24, 2.45) is 0 Å². The number of benzene rings is 2. The van der Waals surface area contributed by atoms with Gasteiger partial charge >= 0.3 is 18.2 Å². The summed E-state index contributed by atoms with van der Waals surface area (Å²) < 4.78 is 15.8. The molecule has 0 aliphatic carbocycles. The molecular formula is C25H30N2O6. The van der Waals surface area contributed by atoms with Crippen LogP contribution < -0.4 is 5.32 Å². The van der Waals surface area contributed by atoms with Gasteiger partial charge in [-0.3, -0.25) is 10.2 Å². The van der Waals surface area contributed by atoms with Crippen LogP contribution in [0, 0.1) is 6.92 Å². The lowest BCUT2D eigenvalue weighted by atomic mass is 9.92. The van der Waals surface area contributed by atoms with Crippen molar-refractivity contribution in [1.29, 1.82) is 0 Å².